The van der Waals surface area contributed by atoms with Gasteiger partial charge in [-0.15, -0.1) is 0 Å². The maximum absolute atomic E-state index is 9.80. The van der Waals surface area contributed by atoms with Gasteiger partial charge in [0.1, 0.15) is 0 Å². The molecule has 1 saturated carbocycles. The van der Waals surface area contributed by atoms with Gasteiger partial charge in [0.05, 0.1) is 25.9 Å². The lowest BCUT2D eigenvalue weighted by atomic mass is 9.91. The molecule has 0 radical (unpaired) electrons. The maximum atomic E-state index is 9.80. The molecule has 0 unspecified atom stereocenters. The first-order valence-corrected chi connectivity index (χ1v) is 9.07. The largest absolute Gasteiger partial charge is 0.504 e. The van der Waals surface area contributed by atoms with Crippen LogP contribution in [0.2, 0.25) is 0 Å². The van der Waals surface area contributed by atoms with Crippen molar-refractivity contribution in [3.63, 3.8) is 0 Å². The number of methoxy groups -OCH3 is 1. The van der Waals surface area contributed by atoms with Crippen molar-refractivity contribution < 1.29 is 19.7 Å². The fourth-order valence-electron chi connectivity index (χ4n) is 3.96. The summed E-state index contributed by atoms with van der Waals surface area (Å²) in [6.45, 7) is 2.45. The average molecular weight is 335 g/mol. The minimum Gasteiger partial charge on any atom is -0.504 e. The Morgan fingerprint density at radius 1 is 1.21 bits per heavy atom. The Kier molecular flexibility index (Phi) is 5.98. The van der Waals surface area contributed by atoms with Crippen LogP contribution in [0.3, 0.4) is 0 Å². The van der Waals surface area contributed by atoms with E-state index >= 15 is 0 Å². The lowest BCUT2D eigenvalue weighted by molar-refractivity contribution is -0.0316. The molecule has 0 bridgehead atoms. The van der Waals surface area contributed by atoms with Gasteiger partial charge < -0.3 is 19.7 Å². The first-order chi connectivity index (χ1) is 11.7. The Balaban J connectivity index is 1.52. The number of hydrogen-bond donors (Lipinski definition) is 2. The summed E-state index contributed by atoms with van der Waals surface area (Å²) < 4.78 is 11.4. The second kappa shape index (κ2) is 8.19. The minimum atomic E-state index is -0.169. The molecule has 3 atom stereocenters. The number of aliphatic hydroxyl groups is 1. The van der Waals surface area contributed by atoms with E-state index in [-0.39, 0.29) is 18.0 Å². The van der Waals surface area contributed by atoms with Gasteiger partial charge in [-0.1, -0.05) is 18.9 Å². The Labute approximate surface area is 144 Å². The summed E-state index contributed by atoms with van der Waals surface area (Å²) in [7, 11) is 1.56. The van der Waals surface area contributed by atoms with Crippen LogP contribution in [0.25, 0.3) is 0 Å². The fourth-order valence-corrected chi connectivity index (χ4v) is 3.96. The van der Waals surface area contributed by atoms with Gasteiger partial charge >= 0.3 is 0 Å². The van der Waals surface area contributed by atoms with E-state index in [2.05, 4.69) is 4.90 Å². The lowest BCUT2D eigenvalue weighted by Gasteiger charge is -2.37. The Hall–Kier alpha value is -1.30. The van der Waals surface area contributed by atoms with Crippen molar-refractivity contribution in [3.05, 3.63) is 23.8 Å². The van der Waals surface area contributed by atoms with E-state index in [1.165, 1.54) is 19.3 Å². The van der Waals surface area contributed by atoms with Gasteiger partial charge in [0.2, 0.25) is 0 Å². The number of likely N-dealkylation sites (tertiary alicyclic amines) is 1. The van der Waals surface area contributed by atoms with Crippen LogP contribution in [0, 0.1) is 0 Å². The Morgan fingerprint density at radius 2 is 2.04 bits per heavy atom. The summed E-state index contributed by atoms with van der Waals surface area (Å²) >= 11 is 0. The van der Waals surface area contributed by atoms with Crippen LogP contribution in [-0.4, -0.2) is 60.2 Å². The zero-order valence-corrected chi connectivity index (χ0v) is 14.5. The van der Waals surface area contributed by atoms with Gasteiger partial charge in [0.15, 0.2) is 11.5 Å². The van der Waals surface area contributed by atoms with E-state index in [4.69, 9.17) is 9.47 Å². The molecule has 5 heteroatoms. The molecule has 2 aliphatic rings. The van der Waals surface area contributed by atoms with Gasteiger partial charge in [-0.2, -0.15) is 0 Å². The standard InChI is InChI=1S/C19H29NO4/c1-23-19-12-14(6-7-17(19)22)9-11-24-18-5-3-2-4-16(18)20-10-8-15(21)13-20/h6-7,12,15-16,18,21-22H,2-5,8-11,13H2,1H3/t15-,16+,18-/m1/s1. The molecule has 0 spiro atoms. The molecule has 1 aliphatic carbocycles. The number of ether oxygens (including phenoxy) is 2. The molecule has 0 aromatic heterocycles. The highest BCUT2D eigenvalue weighted by Crippen LogP contribution is 2.29. The number of benzene rings is 1. The smallest absolute Gasteiger partial charge is 0.160 e. The highest BCUT2D eigenvalue weighted by molar-refractivity contribution is 5.41. The summed E-state index contributed by atoms with van der Waals surface area (Å²) in [5, 5.41) is 19.5. The molecule has 2 fully saturated rings. The van der Waals surface area contributed by atoms with E-state index in [1.54, 1.807) is 13.2 Å². The van der Waals surface area contributed by atoms with E-state index in [9.17, 15) is 10.2 Å². The van der Waals surface area contributed by atoms with Crippen LogP contribution in [0.4, 0.5) is 0 Å². The Morgan fingerprint density at radius 3 is 2.79 bits per heavy atom. The molecule has 1 aromatic rings. The molecule has 3 rings (SSSR count). The zero-order valence-electron chi connectivity index (χ0n) is 14.5. The van der Waals surface area contributed by atoms with E-state index in [0.717, 1.165) is 37.9 Å². The first-order valence-electron chi connectivity index (χ1n) is 9.07. The summed E-state index contributed by atoms with van der Waals surface area (Å²) in [5.74, 6) is 0.677. The van der Waals surface area contributed by atoms with Crippen molar-refractivity contribution in [3.8, 4) is 11.5 Å². The molecule has 24 heavy (non-hydrogen) atoms. The third-order valence-corrected chi connectivity index (χ3v) is 5.30. The predicted molar refractivity (Wildman–Crippen MR) is 92.6 cm³/mol. The molecular formula is C19H29NO4. The highest BCUT2D eigenvalue weighted by Gasteiger charge is 2.34. The van der Waals surface area contributed by atoms with Crippen molar-refractivity contribution >= 4 is 0 Å². The van der Waals surface area contributed by atoms with Gasteiger partial charge in [-0.05, 0) is 43.4 Å². The van der Waals surface area contributed by atoms with Gasteiger partial charge in [-0.25, -0.2) is 0 Å². The van der Waals surface area contributed by atoms with Crippen LogP contribution in [-0.2, 0) is 11.2 Å². The fraction of sp³-hybridized carbons (Fsp3) is 0.684. The molecule has 1 aliphatic heterocycles. The quantitative estimate of drug-likeness (QED) is 0.835. The third kappa shape index (κ3) is 4.21. The van der Waals surface area contributed by atoms with Crippen LogP contribution < -0.4 is 4.74 Å². The molecule has 2 N–H and O–H groups in total. The number of aliphatic hydroxyl groups excluding tert-OH is 1. The number of phenols is 1. The number of β-amino-alcohol motifs (C(OH)–C–C–N with tert-alkyl or cyclic N) is 1. The summed E-state index contributed by atoms with van der Waals surface area (Å²) in [4.78, 5) is 2.41. The number of phenolic OH excluding ortho intramolecular Hbond substituents is 1. The van der Waals surface area contributed by atoms with Gasteiger partial charge in [0, 0.05) is 19.1 Å². The van der Waals surface area contributed by atoms with E-state index in [0.29, 0.717) is 18.4 Å². The predicted octanol–water partition coefficient (Wildman–Crippen LogP) is 2.34. The second-order valence-corrected chi connectivity index (χ2v) is 6.95. The van der Waals surface area contributed by atoms with Crippen molar-refractivity contribution in [2.24, 2.45) is 0 Å². The molecule has 1 aromatic carbocycles. The number of nitrogens with zero attached hydrogens (tertiary/aromatic N) is 1. The summed E-state index contributed by atoms with van der Waals surface area (Å²) in [5.41, 5.74) is 1.11. The second-order valence-electron chi connectivity index (χ2n) is 6.95. The molecule has 5 nitrogen and oxygen atoms in total. The minimum absolute atomic E-state index is 0.169. The maximum Gasteiger partial charge on any atom is 0.160 e. The van der Waals surface area contributed by atoms with E-state index < -0.39 is 0 Å². The lowest BCUT2D eigenvalue weighted by Crippen LogP contribution is -2.46. The summed E-state index contributed by atoms with van der Waals surface area (Å²) in [6, 6.07) is 5.90. The van der Waals surface area contributed by atoms with Gasteiger partial charge in [-0.3, -0.25) is 4.90 Å². The number of aromatic hydroxyl groups is 1. The molecular weight excluding hydrogens is 306 g/mol. The Bertz CT molecular complexity index is 536. The molecule has 1 heterocycles. The highest BCUT2D eigenvalue weighted by atomic mass is 16.5. The van der Waals surface area contributed by atoms with Crippen LogP contribution in [0.5, 0.6) is 11.5 Å². The molecule has 0 amide bonds. The van der Waals surface area contributed by atoms with Crippen LogP contribution >= 0.6 is 0 Å². The third-order valence-electron chi connectivity index (χ3n) is 5.30. The van der Waals surface area contributed by atoms with Crippen molar-refractivity contribution in [2.75, 3.05) is 26.8 Å². The van der Waals surface area contributed by atoms with Gasteiger partial charge in [0.25, 0.3) is 0 Å². The number of rotatable bonds is 6. The van der Waals surface area contributed by atoms with E-state index in [1.807, 2.05) is 12.1 Å². The zero-order chi connectivity index (χ0) is 16.9. The average Bonchev–Trinajstić information content (AvgIpc) is 3.03. The topological polar surface area (TPSA) is 62.2 Å². The molecule has 134 valence electrons. The van der Waals surface area contributed by atoms with Crippen LogP contribution in [0.15, 0.2) is 18.2 Å². The van der Waals surface area contributed by atoms with Crippen molar-refractivity contribution in [2.45, 2.75) is 56.8 Å². The monoisotopic (exact) mass is 335 g/mol. The first kappa shape index (κ1) is 17.5. The van der Waals surface area contributed by atoms with Crippen molar-refractivity contribution in [1.29, 1.82) is 0 Å². The molecule has 1 saturated heterocycles. The normalized spacial score (nSPS) is 28.2. The van der Waals surface area contributed by atoms with Crippen LogP contribution in [0.1, 0.15) is 37.7 Å². The SMILES string of the molecule is COc1cc(CCO[C@@H]2CCCC[C@@H]2N2CC[C@@H](O)C2)ccc1O. The van der Waals surface area contributed by atoms with Crippen molar-refractivity contribution in [1.82, 2.24) is 4.90 Å². The summed E-state index contributed by atoms with van der Waals surface area (Å²) in [6.07, 6.45) is 6.55. The number of hydrogen-bond acceptors (Lipinski definition) is 5.